The number of fused-ring (bicyclic) bond motifs is 1. The molecule has 0 saturated carbocycles. The van der Waals surface area contributed by atoms with Gasteiger partial charge in [0.15, 0.2) is 0 Å². The van der Waals surface area contributed by atoms with Crippen LogP contribution in [0.1, 0.15) is 34.9 Å². The second kappa shape index (κ2) is 5.39. The molecule has 2 unspecified atom stereocenters. The summed E-state index contributed by atoms with van der Waals surface area (Å²) in [6.07, 6.45) is 1.77. The Kier molecular flexibility index (Phi) is 4.11. The third-order valence-electron chi connectivity index (χ3n) is 2.82. The van der Waals surface area contributed by atoms with E-state index < -0.39 is 0 Å². The Morgan fingerprint density at radius 3 is 3.00 bits per heavy atom. The summed E-state index contributed by atoms with van der Waals surface area (Å²) in [5.41, 5.74) is 2.26. The van der Waals surface area contributed by atoms with Gasteiger partial charge in [0.05, 0.1) is 6.10 Å². The Bertz CT molecular complexity index is 370. The van der Waals surface area contributed by atoms with Gasteiger partial charge in [-0.15, -0.1) is 11.6 Å². The van der Waals surface area contributed by atoms with Crippen LogP contribution >= 0.6 is 27.5 Å². The molecule has 0 aromatic heterocycles. The van der Waals surface area contributed by atoms with Crippen molar-refractivity contribution in [3.05, 3.63) is 29.3 Å². The standard InChI is InChI=1S/C12H14BrClO2/c13-11-4-6-16-12(3-5-14)9-2-1-8(15)7-10(9)11/h1-2,7,11-12,15H,3-6H2. The van der Waals surface area contributed by atoms with Crippen molar-refractivity contribution in [3.8, 4) is 5.75 Å². The smallest absolute Gasteiger partial charge is 0.115 e. The first-order chi connectivity index (χ1) is 7.72. The van der Waals surface area contributed by atoms with Crippen molar-refractivity contribution < 1.29 is 9.84 Å². The average molecular weight is 306 g/mol. The van der Waals surface area contributed by atoms with Crippen LogP contribution in [0.2, 0.25) is 0 Å². The summed E-state index contributed by atoms with van der Waals surface area (Å²) in [4.78, 5) is 0.245. The molecule has 1 heterocycles. The minimum Gasteiger partial charge on any atom is -0.508 e. The number of rotatable bonds is 2. The van der Waals surface area contributed by atoms with E-state index in [4.69, 9.17) is 16.3 Å². The van der Waals surface area contributed by atoms with Gasteiger partial charge in [-0.2, -0.15) is 0 Å². The van der Waals surface area contributed by atoms with Gasteiger partial charge in [-0.25, -0.2) is 0 Å². The van der Waals surface area contributed by atoms with E-state index in [1.165, 1.54) is 0 Å². The third-order valence-corrected chi connectivity index (χ3v) is 3.99. The van der Waals surface area contributed by atoms with Crippen LogP contribution < -0.4 is 0 Å². The van der Waals surface area contributed by atoms with Crippen LogP contribution in [0, 0.1) is 0 Å². The Labute approximate surface area is 109 Å². The summed E-state index contributed by atoms with van der Waals surface area (Å²) in [7, 11) is 0. The van der Waals surface area contributed by atoms with Crippen LogP contribution in [0.5, 0.6) is 5.75 Å². The number of benzene rings is 1. The zero-order valence-electron chi connectivity index (χ0n) is 8.83. The van der Waals surface area contributed by atoms with Gasteiger partial charge in [-0.1, -0.05) is 22.0 Å². The molecule has 88 valence electrons. The Hall–Kier alpha value is -0.250. The van der Waals surface area contributed by atoms with Crippen LogP contribution in [0.15, 0.2) is 18.2 Å². The number of hydrogen-bond donors (Lipinski definition) is 1. The Morgan fingerprint density at radius 1 is 1.44 bits per heavy atom. The first-order valence-electron chi connectivity index (χ1n) is 5.37. The molecule has 2 atom stereocenters. The highest BCUT2D eigenvalue weighted by Crippen LogP contribution is 2.39. The summed E-state index contributed by atoms with van der Waals surface area (Å²) in [6.45, 7) is 0.715. The summed E-state index contributed by atoms with van der Waals surface area (Å²) in [5.74, 6) is 0.882. The van der Waals surface area contributed by atoms with Gasteiger partial charge in [0.2, 0.25) is 0 Å². The van der Waals surface area contributed by atoms with Crippen molar-refractivity contribution >= 4 is 27.5 Å². The van der Waals surface area contributed by atoms with Crippen LogP contribution in [0.3, 0.4) is 0 Å². The molecule has 1 aliphatic heterocycles. The SMILES string of the molecule is Oc1ccc2c(c1)C(Br)CCOC2CCCl. The molecule has 2 rings (SSSR count). The first kappa shape index (κ1) is 12.2. The van der Waals surface area contributed by atoms with E-state index in [-0.39, 0.29) is 10.9 Å². The molecule has 1 aromatic rings. The molecule has 0 radical (unpaired) electrons. The Balaban J connectivity index is 2.39. The lowest BCUT2D eigenvalue weighted by Crippen LogP contribution is -2.05. The second-order valence-electron chi connectivity index (χ2n) is 3.91. The molecule has 0 bridgehead atoms. The van der Waals surface area contributed by atoms with Gasteiger partial charge in [0.1, 0.15) is 5.75 Å². The van der Waals surface area contributed by atoms with E-state index in [0.29, 0.717) is 18.2 Å². The molecular formula is C12H14BrClO2. The van der Waals surface area contributed by atoms with Crippen molar-refractivity contribution in [1.82, 2.24) is 0 Å². The fourth-order valence-corrected chi connectivity index (χ4v) is 2.81. The number of ether oxygens (including phenoxy) is 1. The molecule has 1 aromatic carbocycles. The molecule has 0 aliphatic carbocycles. The summed E-state index contributed by atoms with van der Waals surface area (Å²) >= 11 is 9.41. The lowest BCUT2D eigenvalue weighted by Gasteiger charge is -2.17. The lowest BCUT2D eigenvalue weighted by atomic mass is 9.98. The van der Waals surface area contributed by atoms with Gasteiger partial charge in [-0.3, -0.25) is 0 Å². The maximum absolute atomic E-state index is 9.53. The molecule has 0 amide bonds. The van der Waals surface area contributed by atoms with Crippen LogP contribution in [-0.2, 0) is 4.74 Å². The summed E-state index contributed by atoms with van der Waals surface area (Å²) < 4.78 is 5.78. The second-order valence-corrected chi connectivity index (χ2v) is 5.39. The van der Waals surface area contributed by atoms with Crippen LogP contribution in [-0.4, -0.2) is 17.6 Å². The first-order valence-corrected chi connectivity index (χ1v) is 6.82. The molecule has 1 N–H and O–H groups in total. The third kappa shape index (κ3) is 2.53. The van der Waals surface area contributed by atoms with Gasteiger partial charge >= 0.3 is 0 Å². The molecular weight excluding hydrogens is 291 g/mol. The van der Waals surface area contributed by atoms with Crippen molar-refractivity contribution in [3.63, 3.8) is 0 Å². The molecule has 2 nitrogen and oxygen atoms in total. The number of phenols is 1. The minimum absolute atomic E-state index is 0.0515. The summed E-state index contributed by atoms with van der Waals surface area (Å²) in [5, 5.41) is 9.53. The van der Waals surface area contributed by atoms with Crippen LogP contribution in [0.4, 0.5) is 0 Å². The lowest BCUT2D eigenvalue weighted by molar-refractivity contribution is 0.0545. The van der Waals surface area contributed by atoms with E-state index in [1.807, 2.05) is 12.1 Å². The van der Waals surface area contributed by atoms with Crippen molar-refractivity contribution in [2.45, 2.75) is 23.8 Å². The zero-order valence-corrected chi connectivity index (χ0v) is 11.2. The number of alkyl halides is 2. The van der Waals surface area contributed by atoms with Gasteiger partial charge in [0, 0.05) is 17.3 Å². The fourth-order valence-electron chi connectivity index (χ4n) is 2.02. The minimum atomic E-state index is 0.0515. The van der Waals surface area contributed by atoms with Gasteiger partial charge < -0.3 is 9.84 Å². The highest BCUT2D eigenvalue weighted by Gasteiger charge is 2.23. The van der Waals surface area contributed by atoms with Gasteiger partial charge in [-0.05, 0) is 36.1 Å². The topological polar surface area (TPSA) is 29.5 Å². The maximum atomic E-state index is 9.53. The number of hydrogen-bond acceptors (Lipinski definition) is 2. The normalized spacial score (nSPS) is 24.9. The van der Waals surface area contributed by atoms with Crippen LogP contribution in [0.25, 0.3) is 0 Å². The Morgan fingerprint density at radius 2 is 2.25 bits per heavy atom. The summed E-state index contributed by atoms with van der Waals surface area (Å²) in [6, 6.07) is 5.45. The average Bonchev–Trinajstić information content (AvgIpc) is 2.41. The largest absolute Gasteiger partial charge is 0.508 e. The molecule has 0 saturated heterocycles. The zero-order chi connectivity index (χ0) is 11.5. The maximum Gasteiger partial charge on any atom is 0.115 e. The number of phenolic OH excluding ortho intramolecular Hbond substituents is 1. The van der Waals surface area contributed by atoms with Gasteiger partial charge in [0.25, 0.3) is 0 Å². The number of aromatic hydroxyl groups is 1. The fraction of sp³-hybridized carbons (Fsp3) is 0.500. The highest BCUT2D eigenvalue weighted by atomic mass is 79.9. The van der Waals surface area contributed by atoms with Crippen molar-refractivity contribution in [2.24, 2.45) is 0 Å². The van der Waals surface area contributed by atoms with E-state index in [2.05, 4.69) is 15.9 Å². The van der Waals surface area contributed by atoms with E-state index in [0.717, 1.165) is 24.0 Å². The number of halogens is 2. The molecule has 0 spiro atoms. The molecule has 4 heteroatoms. The molecule has 1 aliphatic rings. The predicted molar refractivity (Wildman–Crippen MR) is 68.4 cm³/mol. The quantitative estimate of drug-likeness (QED) is 0.839. The van der Waals surface area contributed by atoms with Crippen molar-refractivity contribution in [2.75, 3.05) is 12.5 Å². The van der Waals surface area contributed by atoms with E-state index in [1.54, 1.807) is 6.07 Å². The predicted octanol–water partition coefficient (Wildman–Crippen LogP) is 3.92. The highest BCUT2D eigenvalue weighted by molar-refractivity contribution is 9.09. The van der Waals surface area contributed by atoms with Crippen molar-refractivity contribution in [1.29, 1.82) is 0 Å². The monoisotopic (exact) mass is 304 g/mol. The molecule has 16 heavy (non-hydrogen) atoms. The van der Waals surface area contributed by atoms with E-state index >= 15 is 0 Å². The molecule has 0 fully saturated rings. The van der Waals surface area contributed by atoms with E-state index in [9.17, 15) is 5.11 Å².